The standard InChI is InChI=1S/C13H7ClF4N4O/c1-22-12(13(16,17)18)10(14)11(21-22)5-2-8-7(3-6(5)15)19-4-9(23)20-8/h2-4H,1H3,(H,20,23). The number of alkyl halides is 3. The number of rotatable bonds is 1. The summed E-state index contributed by atoms with van der Waals surface area (Å²) in [4.78, 5) is 17.4. The first-order valence-corrected chi connectivity index (χ1v) is 6.55. The van der Waals surface area contributed by atoms with Gasteiger partial charge in [0.05, 0.1) is 22.3 Å². The van der Waals surface area contributed by atoms with E-state index >= 15 is 0 Å². The summed E-state index contributed by atoms with van der Waals surface area (Å²) in [6, 6.07) is 2.13. The predicted octanol–water partition coefficient (Wildman–Crippen LogP) is 3.13. The molecular formula is C13H7ClF4N4O. The molecule has 0 radical (unpaired) electrons. The lowest BCUT2D eigenvalue weighted by Gasteiger charge is -2.06. The van der Waals surface area contributed by atoms with Crippen LogP contribution < -0.4 is 5.56 Å². The third-order valence-corrected chi connectivity index (χ3v) is 3.54. The molecule has 0 aliphatic heterocycles. The van der Waals surface area contributed by atoms with E-state index in [4.69, 9.17) is 11.6 Å². The lowest BCUT2D eigenvalue weighted by molar-refractivity contribution is -0.143. The number of halogens is 5. The molecule has 0 atom stereocenters. The highest BCUT2D eigenvalue weighted by atomic mass is 35.5. The molecule has 10 heteroatoms. The SMILES string of the molecule is Cn1nc(-c2cc3[nH]c(=O)cnc3cc2F)c(Cl)c1C(F)(F)F. The Morgan fingerprint density at radius 3 is 2.61 bits per heavy atom. The Balaban J connectivity index is 2.29. The minimum Gasteiger partial charge on any atom is -0.319 e. The summed E-state index contributed by atoms with van der Waals surface area (Å²) < 4.78 is 53.6. The van der Waals surface area contributed by atoms with Gasteiger partial charge in [0.1, 0.15) is 11.5 Å². The molecule has 0 saturated carbocycles. The third-order valence-electron chi connectivity index (χ3n) is 3.18. The average Bonchev–Trinajstić information content (AvgIpc) is 2.73. The van der Waals surface area contributed by atoms with Crippen LogP contribution in [0.15, 0.2) is 23.1 Å². The number of benzene rings is 1. The lowest BCUT2D eigenvalue weighted by Crippen LogP contribution is -2.12. The molecule has 0 saturated heterocycles. The summed E-state index contributed by atoms with van der Waals surface area (Å²) in [7, 11) is 1.06. The fourth-order valence-corrected chi connectivity index (χ4v) is 2.59. The molecule has 0 unspecified atom stereocenters. The van der Waals surface area contributed by atoms with Crippen molar-refractivity contribution in [2.45, 2.75) is 6.18 Å². The van der Waals surface area contributed by atoms with Gasteiger partial charge in [0.15, 0.2) is 5.69 Å². The van der Waals surface area contributed by atoms with E-state index in [2.05, 4.69) is 15.1 Å². The number of fused-ring (bicyclic) bond motifs is 1. The number of aromatic amines is 1. The topological polar surface area (TPSA) is 63.6 Å². The van der Waals surface area contributed by atoms with Crippen LogP contribution in [0.3, 0.4) is 0 Å². The van der Waals surface area contributed by atoms with Crippen LogP contribution in [0.4, 0.5) is 17.6 Å². The van der Waals surface area contributed by atoms with Gasteiger partial charge in [0.25, 0.3) is 5.56 Å². The molecule has 0 aliphatic carbocycles. The van der Waals surface area contributed by atoms with Crippen molar-refractivity contribution in [1.82, 2.24) is 19.7 Å². The Kier molecular flexibility index (Phi) is 3.40. The summed E-state index contributed by atoms with van der Waals surface area (Å²) in [5.74, 6) is -0.856. The molecule has 1 aromatic carbocycles. The highest BCUT2D eigenvalue weighted by molar-refractivity contribution is 6.33. The summed E-state index contributed by atoms with van der Waals surface area (Å²) in [6.07, 6.45) is -3.77. The van der Waals surface area contributed by atoms with Crippen molar-refractivity contribution in [3.05, 3.63) is 45.2 Å². The number of aryl methyl sites for hydroxylation is 1. The van der Waals surface area contributed by atoms with Crippen LogP contribution in [0.1, 0.15) is 5.69 Å². The van der Waals surface area contributed by atoms with E-state index in [0.29, 0.717) is 4.68 Å². The van der Waals surface area contributed by atoms with Gasteiger partial charge in [-0.1, -0.05) is 11.6 Å². The zero-order valence-corrected chi connectivity index (χ0v) is 12.1. The molecule has 23 heavy (non-hydrogen) atoms. The van der Waals surface area contributed by atoms with Gasteiger partial charge in [0, 0.05) is 18.7 Å². The summed E-state index contributed by atoms with van der Waals surface area (Å²) in [5.41, 5.74) is -2.05. The van der Waals surface area contributed by atoms with Crippen LogP contribution in [-0.2, 0) is 13.2 Å². The number of H-pyrrole nitrogens is 1. The fraction of sp³-hybridized carbons (Fsp3) is 0.154. The second kappa shape index (κ2) is 5.05. The Hall–Kier alpha value is -2.42. The quantitative estimate of drug-likeness (QED) is 0.688. The van der Waals surface area contributed by atoms with Crippen LogP contribution in [0.25, 0.3) is 22.3 Å². The van der Waals surface area contributed by atoms with Gasteiger partial charge in [-0.05, 0) is 6.07 Å². The first-order valence-electron chi connectivity index (χ1n) is 6.17. The second-order valence-corrected chi connectivity index (χ2v) is 5.11. The molecule has 0 aliphatic rings. The van der Waals surface area contributed by atoms with E-state index < -0.39 is 28.3 Å². The Bertz CT molecular complexity index is 976. The Morgan fingerprint density at radius 2 is 2.00 bits per heavy atom. The Labute approximate surface area is 130 Å². The summed E-state index contributed by atoms with van der Waals surface area (Å²) in [5, 5.41) is 2.93. The highest BCUT2D eigenvalue weighted by Gasteiger charge is 2.39. The van der Waals surface area contributed by atoms with E-state index in [1.165, 1.54) is 0 Å². The minimum atomic E-state index is -4.74. The maximum Gasteiger partial charge on any atom is 0.434 e. The van der Waals surface area contributed by atoms with Crippen LogP contribution in [0.5, 0.6) is 0 Å². The molecule has 0 spiro atoms. The first kappa shape index (κ1) is 15.5. The number of hydrogen-bond acceptors (Lipinski definition) is 3. The van der Waals surface area contributed by atoms with Crippen LogP contribution in [0.2, 0.25) is 5.02 Å². The smallest absolute Gasteiger partial charge is 0.319 e. The van der Waals surface area contributed by atoms with Crippen molar-refractivity contribution in [3.63, 3.8) is 0 Å². The van der Waals surface area contributed by atoms with Crippen molar-refractivity contribution < 1.29 is 17.6 Å². The molecule has 2 heterocycles. The van der Waals surface area contributed by atoms with E-state index in [1.807, 2.05) is 0 Å². The second-order valence-electron chi connectivity index (χ2n) is 4.73. The molecule has 3 aromatic rings. The molecule has 1 N–H and O–H groups in total. The van der Waals surface area contributed by atoms with Crippen molar-refractivity contribution in [1.29, 1.82) is 0 Å². The summed E-state index contributed by atoms with van der Waals surface area (Å²) in [6.45, 7) is 0. The van der Waals surface area contributed by atoms with Gasteiger partial charge in [-0.3, -0.25) is 9.48 Å². The fourth-order valence-electron chi connectivity index (χ4n) is 2.22. The van der Waals surface area contributed by atoms with Crippen LogP contribution in [-0.4, -0.2) is 19.7 Å². The first-order chi connectivity index (χ1) is 10.7. The van der Waals surface area contributed by atoms with Crippen LogP contribution in [0, 0.1) is 5.82 Å². The number of nitrogens with one attached hydrogen (secondary N) is 1. The van der Waals surface area contributed by atoms with Crippen molar-refractivity contribution in [2.75, 3.05) is 0 Å². The van der Waals surface area contributed by atoms with Crippen molar-refractivity contribution in [2.24, 2.45) is 7.05 Å². The molecule has 0 fully saturated rings. The maximum absolute atomic E-state index is 14.2. The number of nitrogens with zero attached hydrogens (tertiary/aromatic N) is 3. The maximum atomic E-state index is 14.2. The minimum absolute atomic E-state index is 0.147. The predicted molar refractivity (Wildman–Crippen MR) is 74.5 cm³/mol. The number of aromatic nitrogens is 4. The van der Waals surface area contributed by atoms with E-state index in [-0.39, 0.29) is 22.3 Å². The largest absolute Gasteiger partial charge is 0.434 e. The monoisotopic (exact) mass is 346 g/mol. The Morgan fingerprint density at radius 1 is 1.30 bits per heavy atom. The van der Waals surface area contributed by atoms with Gasteiger partial charge >= 0.3 is 6.18 Å². The average molecular weight is 347 g/mol. The normalized spacial score (nSPS) is 12.1. The van der Waals surface area contributed by atoms with Gasteiger partial charge in [-0.15, -0.1) is 0 Å². The van der Waals surface area contributed by atoms with Gasteiger partial charge < -0.3 is 4.98 Å². The van der Waals surface area contributed by atoms with Crippen molar-refractivity contribution in [3.8, 4) is 11.3 Å². The van der Waals surface area contributed by atoms with Gasteiger partial charge in [-0.25, -0.2) is 9.37 Å². The van der Waals surface area contributed by atoms with E-state index in [0.717, 1.165) is 25.4 Å². The molecular weight excluding hydrogens is 340 g/mol. The highest BCUT2D eigenvalue weighted by Crippen LogP contribution is 2.40. The lowest BCUT2D eigenvalue weighted by atomic mass is 10.1. The van der Waals surface area contributed by atoms with E-state index in [9.17, 15) is 22.4 Å². The molecule has 120 valence electrons. The van der Waals surface area contributed by atoms with E-state index in [1.54, 1.807) is 0 Å². The zero-order chi connectivity index (χ0) is 16.9. The van der Waals surface area contributed by atoms with Crippen molar-refractivity contribution >= 4 is 22.6 Å². The molecule has 2 aromatic heterocycles. The van der Waals surface area contributed by atoms with Crippen LogP contribution >= 0.6 is 11.6 Å². The molecule has 3 rings (SSSR count). The van der Waals surface area contributed by atoms with Gasteiger partial charge in [0.2, 0.25) is 0 Å². The summed E-state index contributed by atoms with van der Waals surface area (Å²) >= 11 is 5.75. The molecule has 5 nitrogen and oxygen atoms in total. The number of hydrogen-bond donors (Lipinski definition) is 1. The van der Waals surface area contributed by atoms with Gasteiger partial charge in [-0.2, -0.15) is 18.3 Å². The molecule has 0 amide bonds. The zero-order valence-electron chi connectivity index (χ0n) is 11.4. The third kappa shape index (κ3) is 2.56. The molecule has 0 bridgehead atoms.